The summed E-state index contributed by atoms with van der Waals surface area (Å²) in [5, 5.41) is 7.87. The average molecular weight is 418 g/mol. The third-order valence-electron chi connectivity index (χ3n) is 5.19. The highest BCUT2D eigenvalue weighted by atomic mass is 19.1. The van der Waals surface area contributed by atoms with Gasteiger partial charge in [0.25, 0.3) is 5.91 Å². The van der Waals surface area contributed by atoms with Crippen LogP contribution in [-0.4, -0.2) is 52.3 Å². The molecule has 4 aromatic rings. The first-order valence-corrected chi connectivity index (χ1v) is 9.93. The molecule has 3 heterocycles. The zero-order valence-corrected chi connectivity index (χ0v) is 16.5. The summed E-state index contributed by atoms with van der Waals surface area (Å²) in [7, 11) is 0. The number of carbonyl (C=O) groups is 1. The van der Waals surface area contributed by atoms with Gasteiger partial charge in [0.05, 0.1) is 24.3 Å². The minimum absolute atomic E-state index is 0.0189. The fourth-order valence-corrected chi connectivity index (χ4v) is 3.59. The van der Waals surface area contributed by atoms with Crippen LogP contribution in [0.15, 0.2) is 60.8 Å². The van der Waals surface area contributed by atoms with Crippen LogP contribution in [0.4, 0.5) is 4.39 Å². The largest absolute Gasteiger partial charge is 0.453 e. The van der Waals surface area contributed by atoms with Crippen molar-refractivity contribution in [2.45, 2.75) is 0 Å². The summed E-state index contributed by atoms with van der Waals surface area (Å²) in [5.74, 6) is 0.0824. The fourth-order valence-electron chi connectivity index (χ4n) is 3.59. The Bertz CT molecular complexity index is 1230. The van der Waals surface area contributed by atoms with Gasteiger partial charge in [0, 0.05) is 30.4 Å². The first-order valence-electron chi connectivity index (χ1n) is 9.93. The number of para-hydroxylation sites is 1. The molecule has 2 aromatic carbocycles. The molecule has 1 saturated heterocycles. The molecule has 1 aliphatic rings. The molecule has 0 aliphatic carbocycles. The number of hydrogen-bond acceptors (Lipinski definition) is 5. The Morgan fingerprint density at radius 3 is 2.58 bits per heavy atom. The van der Waals surface area contributed by atoms with Crippen molar-refractivity contribution in [1.29, 1.82) is 0 Å². The van der Waals surface area contributed by atoms with Gasteiger partial charge < -0.3 is 14.4 Å². The molecule has 1 aliphatic heterocycles. The third kappa shape index (κ3) is 3.73. The lowest BCUT2D eigenvalue weighted by atomic mass is 10.1. The summed E-state index contributed by atoms with van der Waals surface area (Å²) in [6.07, 6.45) is 1.56. The molecule has 8 heteroatoms. The predicted molar refractivity (Wildman–Crippen MR) is 113 cm³/mol. The van der Waals surface area contributed by atoms with E-state index in [9.17, 15) is 9.18 Å². The van der Waals surface area contributed by atoms with E-state index in [0.717, 1.165) is 5.56 Å². The maximum absolute atomic E-state index is 14.1. The maximum atomic E-state index is 14.1. The predicted octanol–water partition coefficient (Wildman–Crippen LogP) is 4.03. The van der Waals surface area contributed by atoms with Crippen LogP contribution in [0, 0.1) is 5.82 Å². The smallest absolute Gasteiger partial charge is 0.254 e. The number of rotatable bonds is 4. The highest BCUT2D eigenvalue weighted by Gasteiger charge is 2.20. The Morgan fingerprint density at radius 1 is 1.03 bits per heavy atom. The van der Waals surface area contributed by atoms with E-state index < -0.39 is 5.82 Å². The standard InChI is InChI=1S/C23H19FN4O3/c24-17-3-1-2-4-18(17)31-19-9-10-25-22-20(19)21(26-27-22)15-5-7-16(8-6-15)23(29)28-11-13-30-14-12-28/h1-10H,11-14H2,(H,25,26,27). The molecule has 0 bridgehead atoms. The highest BCUT2D eigenvalue weighted by Crippen LogP contribution is 2.35. The van der Waals surface area contributed by atoms with Crippen LogP contribution in [0.5, 0.6) is 11.5 Å². The monoisotopic (exact) mass is 418 g/mol. The number of hydrogen-bond donors (Lipinski definition) is 1. The first kappa shape index (κ1) is 19.2. The minimum atomic E-state index is -0.455. The zero-order chi connectivity index (χ0) is 21.2. The van der Waals surface area contributed by atoms with Crippen molar-refractivity contribution in [2.75, 3.05) is 26.3 Å². The number of carbonyl (C=O) groups excluding carboxylic acids is 1. The van der Waals surface area contributed by atoms with Gasteiger partial charge in [-0.3, -0.25) is 9.89 Å². The number of aromatic amines is 1. The van der Waals surface area contributed by atoms with Crippen LogP contribution in [0.25, 0.3) is 22.3 Å². The van der Waals surface area contributed by atoms with Crippen LogP contribution in [0.3, 0.4) is 0 Å². The Hall–Kier alpha value is -3.78. The Morgan fingerprint density at radius 2 is 1.81 bits per heavy atom. The number of aromatic nitrogens is 3. The summed E-state index contributed by atoms with van der Waals surface area (Å²) in [6, 6.07) is 15.2. The molecule has 1 N–H and O–H groups in total. The molecular formula is C23H19FN4O3. The number of halogens is 1. The lowest BCUT2D eigenvalue weighted by molar-refractivity contribution is 0.0303. The Kier molecular flexibility index (Phi) is 5.05. The van der Waals surface area contributed by atoms with Crippen molar-refractivity contribution in [3.63, 3.8) is 0 Å². The second kappa shape index (κ2) is 8.16. The molecule has 7 nitrogen and oxygen atoms in total. The van der Waals surface area contributed by atoms with Crippen molar-refractivity contribution in [3.05, 3.63) is 72.2 Å². The van der Waals surface area contributed by atoms with Gasteiger partial charge in [0.1, 0.15) is 5.75 Å². The van der Waals surface area contributed by atoms with E-state index in [1.54, 1.807) is 47.5 Å². The first-order chi connectivity index (χ1) is 15.2. The van der Waals surface area contributed by atoms with Gasteiger partial charge in [-0.1, -0.05) is 24.3 Å². The number of pyridine rings is 1. The minimum Gasteiger partial charge on any atom is -0.453 e. The number of nitrogens with one attached hydrogen (secondary N) is 1. The van der Waals surface area contributed by atoms with E-state index in [1.165, 1.54) is 6.07 Å². The van der Waals surface area contributed by atoms with Crippen molar-refractivity contribution >= 4 is 16.9 Å². The molecule has 1 amide bonds. The van der Waals surface area contributed by atoms with Gasteiger partial charge in [-0.2, -0.15) is 5.10 Å². The molecule has 31 heavy (non-hydrogen) atoms. The summed E-state index contributed by atoms with van der Waals surface area (Å²) < 4.78 is 25.2. The third-order valence-corrected chi connectivity index (χ3v) is 5.19. The van der Waals surface area contributed by atoms with Crippen LogP contribution in [-0.2, 0) is 4.74 Å². The number of nitrogens with zero attached hydrogens (tertiary/aromatic N) is 3. The van der Waals surface area contributed by atoms with Gasteiger partial charge in [-0.15, -0.1) is 0 Å². The lowest BCUT2D eigenvalue weighted by Crippen LogP contribution is -2.40. The van der Waals surface area contributed by atoms with Gasteiger partial charge in [-0.05, 0) is 30.3 Å². The van der Waals surface area contributed by atoms with Crippen molar-refractivity contribution in [1.82, 2.24) is 20.1 Å². The molecular weight excluding hydrogens is 399 g/mol. The van der Waals surface area contributed by atoms with Gasteiger partial charge >= 0.3 is 0 Å². The summed E-state index contributed by atoms with van der Waals surface area (Å²) >= 11 is 0. The number of fused-ring (bicyclic) bond motifs is 1. The van der Waals surface area contributed by atoms with E-state index in [4.69, 9.17) is 9.47 Å². The van der Waals surface area contributed by atoms with Crippen LogP contribution < -0.4 is 4.74 Å². The summed E-state index contributed by atoms with van der Waals surface area (Å²) in [4.78, 5) is 18.7. The molecule has 156 valence electrons. The van der Waals surface area contributed by atoms with E-state index in [0.29, 0.717) is 54.3 Å². The van der Waals surface area contributed by atoms with Crippen LogP contribution in [0.2, 0.25) is 0 Å². The second-order valence-corrected chi connectivity index (χ2v) is 7.12. The molecule has 0 saturated carbocycles. The van der Waals surface area contributed by atoms with E-state index in [2.05, 4.69) is 15.2 Å². The highest BCUT2D eigenvalue weighted by molar-refractivity contribution is 5.98. The number of morpholine rings is 1. The van der Waals surface area contributed by atoms with E-state index >= 15 is 0 Å². The number of ether oxygens (including phenoxy) is 2. The molecule has 5 rings (SSSR count). The normalized spacial score (nSPS) is 14.0. The van der Waals surface area contributed by atoms with Gasteiger partial charge in [-0.25, -0.2) is 9.37 Å². The molecule has 0 spiro atoms. The topological polar surface area (TPSA) is 80.3 Å². The van der Waals surface area contributed by atoms with Crippen LogP contribution >= 0.6 is 0 Å². The lowest BCUT2D eigenvalue weighted by Gasteiger charge is -2.26. The zero-order valence-electron chi connectivity index (χ0n) is 16.5. The SMILES string of the molecule is O=C(c1ccc(-c2[nH]nc3nccc(Oc4ccccc4F)c23)cc1)N1CCOCC1. The number of H-pyrrole nitrogens is 1. The summed E-state index contributed by atoms with van der Waals surface area (Å²) in [6.45, 7) is 2.30. The molecule has 1 fully saturated rings. The second-order valence-electron chi connectivity index (χ2n) is 7.12. The molecule has 0 radical (unpaired) electrons. The van der Waals surface area contributed by atoms with E-state index in [1.807, 2.05) is 12.1 Å². The maximum Gasteiger partial charge on any atom is 0.254 e. The van der Waals surface area contributed by atoms with Crippen molar-refractivity contribution in [3.8, 4) is 22.8 Å². The molecule has 2 aromatic heterocycles. The van der Waals surface area contributed by atoms with Crippen molar-refractivity contribution < 1.29 is 18.7 Å². The van der Waals surface area contributed by atoms with E-state index in [-0.39, 0.29) is 11.7 Å². The summed E-state index contributed by atoms with van der Waals surface area (Å²) in [5.41, 5.74) is 2.56. The average Bonchev–Trinajstić information content (AvgIpc) is 3.26. The Labute approximate surface area is 177 Å². The quantitative estimate of drug-likeness (QED) is 0.541. The number of amides is 1. The molecule has 0 unspecified atom stereocenters. The Balaban J connectivity index is 1.48. The fraction of sp³-hybridized carbons (Fsp3) is 0.174. The van der Waals surface area contributed by atoms with Crippen LogP contribution in [0.1, 0.15) is 10.4 Å². The van der Waals surface area contributed by atoms with Gasteiger partial charge in [0.2, 0.25) is 0 Å². The molecule has 0 atom stereocenters. The van der Waals surface area contributed by atoms with Crippen molar-refractivity contribution in [2.24, 2.45) is 0 Å². The van der Waals surface area contributed by atoms with Gasteiger partial charge in [0.15, 0.2) is 17.2 Å². The number of benzene rings is 2.